The van der Waals surface area contributed by atoms with Crippen LogP contribution in [0.25, 0.3) is 0 Å². The van der Waals surface area contributed by atoms with Gasteiger partial charge in [0, 0.05) is 6.42 Å². The molecule has 0 unspecified atom stereocenters. The number of hydrogen-bond donors (Lipinski definition) is 0. The molecule has 0 amide bonds. The Morgan fingerprint density at radius 1 is 0.960 bits per heavy atom. The highest BCUT2D eigenvalue weighted by molar-refractivity contribution is 6.74. The summed E-state index contributed by atoms with van der Waals surface area (Å²) in [5.74, 6) is 0.234. The molecule has 0 aromatic heterocycles. The number of allylic oxidation sites excluding steroid dienone is 4. The molecule has 5 atom stereocenters. The maximum atomic E-state index is 13.0. The molecule has 4 rings (SSSR count). The van der Waals surface area contributed by atoms with E-state index in [1.54, 1.807) is 0 Å². The number of carbonyl (C=O) groups is 1. The Kier molecular flexibility index (Phi) is 13.0. The van der Waals surface area contributed by atoms with Crippen LogP contribution in [0.4, 0.5) is 0 Å². The summed E-state index contributed by atoms with van der Waals surface area (Å²) in [7, 11) is -3.98. The third kappa shape index (κ3) is 9.27. The van der Waals surface area contributed by atoms with Crippen LogP contribution in [0.5, 0.6) is 0 Å². The van der Waals surface area contributed by atoms with Crippen molar-refractivity contribution in [3.8, 4) is 0 Å². The lowest BCUT2D eigenvalue weighted by atomic mass is 9.63. The first-order chi connectivity index (χ1) is 23.0. The van der Waals surface area contributed by atoms with Crippen LogP contribution >= 0.6 is 0 Å². The summed E-state index contributed by atoms with van der Waals surface area (Å²) >= 11 is 0. The maximum absolute atomic E-state index is 13.0. The molecule has 284 valence electrons. The molecule has 0 saturated heterocycles. The molecule has 4 aliphatic rings. The average Bonchev–Trinajstić information content (AvgIpc) is 3.37. The Morgan fingerprint density at radius 3 is 2.18 bits per heavy atom. The van der Waals surface area contributed by atoms with E-state index in [1.165, 1.54) is 23.1 Å². The first kappa shape index (κ1) is 41.5. The van der Waals surface area contributed by atoms with Gasteiger partial charge < -0.3 is 18.3 Å². The van der Waals surface area contributed by atoms with Gasteiger partial charge in [0.15, 0.2) is 16.6 Å². The van der Waals surface area contributed by atoms with Crippen molar-refractivity contribution >= 4 is 22.6 Å². The Morgan fingerprint density at radius 2 is 1.58 bits per heavy atom. The normalized spacial score (nSPS) is 30.3. The molecule has 0 aromatic carbocycles. The molecule has 3 saturated carbocycles. The van der Waals surface area contributed by atoms with E-state index in [0.717, 1.165) is 76.2 Å². The van der Waals surface area contributed by atoms with Crippen LogP contribution in [-0.4, -0.2) is 53.1 Å². The number of hydrogen-bond acceptors (Lipinski definition) is 5. The number of rotatable bonds is 11. The molecule has 0 aromatic rings. The summed E-state index contributed by atoms with van der Waals surface area (Å²) < 4.78 is 26.5. The second kappa shape index (κ2) is 15.6. The number of fused-ring (bicyclic) bond motifs is 1. The maximum Gasteiger partial charge on any atom is 0.332 e. The van der Waals surface area contributed by atoms with Crippen molar-refractivity contribution in [1.29, 1.82) is 0 Å². The summed E-state index contributed by atoms with van der Waals surface area (Å²) in [6.07, 6.45) is 19.8. The predicted molar refractivity (Wildman–Crippen MR) is 214 cm³/mol. The van der Waals surface area contributed by atoms with Gasteiger partial charge in [0.2, 0.25) is 0 Å². The molecule has 0 radical (unpaired) electrons. The van der Waals surface area contributed by atoms with Gasteiger partial charge in [-0.1, -0.05) is 92.2 Å². The third-order valence-electron chi connectivity index (χ3n) is 14.0. The fourth-order valence-corrected chi connectivity index (χ4v) is 11.2. The van der Waals surface area contributed by atoms with Crippen LogP contribution in [0.15, 0.2) is 47.1 Å². The van der Waals surface area contributed by atoms with Crippen molar-refractivity contribution in [2.24, 2.45) is 11.3 Å². The van der Waals surface area contributed by atoms with E-state index in [0.29, 0.717) is 5.92 Å². The third-order valence-corrected chi connectivity index (χ3v) is 23.0. The highest BCUT2D eigenvalue weighted by Crippen LogP contribution is 2.56. The van der Waals surface area contributed by atoms with Gasteiger partial charge >= 0.3 is 5.97 Å². The highest BCUT2D eigenvalue weighted by atomic mass is 28.4. The van der Waals surface area contributed by atoms with Crippen molar-refractivity contribution < 1.29 is 23.1 Å². The van der Waals surface area contributed by atoms with Gasteiger partial charge in [-0.25, -0.2) is 4.79 Å². The van der Waals surface area contributed by atoms with Crippen LogP contribution in [0.2, 0.25) is 36.3 Å². The molecule has 0 bridgehead atoms. The molecular weight excluding hydrogens is 653 g/mol. The summed E-state index contributed by atoms with van der Waals surface area (Å²) in [5.41, 5.74) is 5.04. The Bertz CT molecular complexity index is 1320. The summed E-state index contributed by atoms with van der Waals surface area (Å²) in [4.78, 5) is 13.0. The minimum absolute atomic E-state index is 0.0181. The standard InChI is InChI=1S/C43H74O5Si2/c1-15-43(26-17-16-18-27-43)46-39(44)30-45-32(3)36-23-24-37-33(20-19-25-42(36,37)10)21-22-34-28-35(47-49(11,12)40(4,5)6)29-38(31(34)2)48-50(13,14)41(7,8)9/h21-23,32,35,37-38H,2,15-20,24-30H2,1,3-14H3/t32-,35+,37-,38-,42+/m0/s1. The Hall–Kier alpha value is -1.26. The lowest BCUT2D eigenvalue weighted by Crippen LogP contribution is -2.49. The molecule has 0 N–H and O–H groups in total. The number of esters is 1. The quantitative estimate of drug-likeness (QED) is 0.121. The van der Waals surface area contributed by atoms with E-state index >= 15 is 0 Å². The van der Waals surface area contributed by atoms with Crippen LogP contribution in [0.3, 0.4) is 0 Å². The zero-order valence-electron chi connectivity index (χ0n) is 34.5. The van der Waals surface area contributed by atoms with Crippen molar-refractivity contribution in [1.82, 2.24) is 0 Å². The van der Waals surface area contributed by atoms with Crippen molar-refractivity contribution in [3.63, 3.8) is 0 Å². The van der Waals surface area contributed by atoms with E-state index in [1.807, 2.05) is 0 Å². The summed E-state index contributed by atoms with van der Waals surface area (Å²) in [5, 5.41) is 0.275. The molecule has 7 heteroatoms. The summed E-state index contributed by atoms with van der Waals surface area (Å²) in [6, 6.07) is 0. The molecule has 0 aliphatic heterocycles. The van der Waals surface area contributed by atoms with Gasteiger partial charge in [-0.3, -0.25) is 0 Å². The van der Waals surface area contributed by atoms with Crippen molar-refractivity contribution in [2.45, 2.75) is 200 Å². The molecule has 3 fully saturated rings. The van der Waals surface area contributed by atoms with Gasteiger partial charge in [-0.15, -0.1) is 0 Å². The van der Waals surface area contributed by atoms with Gasteiger partial charge in [-0.2, -0.15) is 0 Å². The zero-order valence-corrected chi connectivity index (χ0v) is 36.5. The van der Waals surface area contributed by atoms with Gasteiger partial charge in [0.05, 0.1) is 18.3 Å². The van der Waals surface area contributed by atoms with Crippen LogP contribution in [0.1, 0.15) is 139 Å². The second-order valence-electron chi connectivity index (χ2n) is 19.5. The lowest BCUT2D eigenvalue weighted by Gasteiger charge is -2.45. The average molecular weight is 727 g/mol. The van der Waals surface area contributed by atoms with Gasteiger partial charge in [0.1, 0.15) is 12.2 Å². The van der Waals surface area contributed by atoms with E-state index in [9.17, 15) is 4.79 Å². The van der Waals surface area contributed by atoms with E-state index in [4.69, 9.17) is 18.3 Å². The van der Waals surface area contributed by atoms with Gasteiger partial charge in [-0.05, 0) is 135 Å². The highest BCUT2D eigenvalue weighted by Gasteiger charge is 2.47. The predicted octanol–water partition coefficient (Wildman–Crippen LogP) is 12.2. The molecular formula is C43H74O5Si2. The second-order valence-corrected chi connectivity index (χ2v) is 29.0. The summed E-state index contributed by atoms with van der Waals surface area (Å²) in [6.45, 7) is 34.7. The molecule has 0 heterocycles. The topological polar surface area (TPSA) is 54.0 Å². The molecule has 0 spiro atoms. The lowest BCUT2D eigenvalue weighted by molar-refractivity contribution is -0.170. The Labute approximate surface area is 309 Å². The number of carbonyl (C=O) groups excluding carboxylic acids is 1. The van der Waals surface area contributed by atoms with Crippen molar-refractivity contribution in [2.75, 3.05) is 6.61 Å². The van der Waals surface area contributed by atoms with Crippen molar-refractivity contribution in [3.05, 3.63) is 47.1 Å². The van der Waals surface area contributed by atoms with E-state index < -0.39 is 16.6 Å². The smallest absolute Gasteiger partial charge is 0.332 e. The van der Waals surface area contributed by atoms with Crippen LogP contribution < -0.4 is 0 Å². The first-order valence-electron chi connectivity index (χ1n) is 20.0. The van der Waals surface area contributed by atoms with E-state index in [-0.39, 0.29) is 52.0 Å². The SMILES string of the molecule is C=C1C(=CC=C2CCC[C@]3(C)C([C@H](C)OCC(=O)OC4(CC)CCCCC4)=CC[C@@H]23)C[C@@H](O[Si](C)(C)C(C)(C)C)C[C@@H]1O[Si](C)(C)C(C)(C)C. The number of ether oxygens (including phenoxy) is 2. The molecule has 50 heavy (non-hydrogen) atoms. The van der Waals surface area contributed by atoms with Crippen LogP contribution in [0, 0.1) is 11.3 Å². The minimum atomic E-state index is -2.02. The fraction of sp³-hybridized carbons (Fsp3) is 0.791. The largest absolute Gasteiger partial charge is 0.457 e. The molecule has 4 aliphatic carbocycles. The van der Waals surface area contributed by atoms with Crippen LogP contribution in [-0.2, 0) is 23.1 Å². The van der Waals surface area contributed by atoms with E-state index in [2.05, 4.69) is 113 Å². The zero-order chi connectivity index (χ0) is 37.3. The van der Waals surface area contributed by atoms with Gasteiger partial charge in [0.25, 0.3) is 0 Å². The minimum Gasteiger partial charge on any atom is -0.457 e. The first-order valence-corrected chi connectivity index (χ1v) is 25.8. The Balaban J connectivity index is 1.50. The monoisotopic (exact) mass is 727 g/mol. The fourth-order valence-electron chi connectivity index (χ4n) is 8.52. The molecule has 5 nitrogen and oxygen atoms in total.